The second-order valence-electron chi connectivity index (χ2n) is 4.18. The zero-order valence-corrected chi connectivity index (χ0v) is 14.2. The predicted molar refractivity (Wildman–Crippen MR) is 74.5 cm³/mol. The highest BCUT2D eigenvalue weighted by Gasteiger charge is 2.44. The summed E-state index contributed by atoms with van der Waals surface area (Å²) in [4.78, 5) is 0. The zero-order valence-electron chi connectivity index (χ0n) is 12.2. The van der Waals surface area contributed by atoms with Gasteiger partial charge in [0.15, 0.2) is 0 Å². The van der Waals surface area contributed by atoms with Crippen molar-refractivity contribution in [2.24, 2.45) is 0 Å². The minimum Gasteiger partial charge on any atom is -0.395 e. The molecule has 0 fully saturated rings. The summed E-state index contributed by atoms with van der Waals surface area (Å²) in [6.07, 6.45) is 0. The first-order valence-electron chi connectivity index (χ1n) is 6.51. The SMILES string of the molecule is CCO[Si](C)(C[Si](C)(OCC)OCC)OCC. The highest BCUT2D eigenvalue weighted by molar-refractivity contribution is 6.84. The van der Waals surface area contributed by atoms with Crippen LogP contribution in [0.25, 0.3) is 0 Å². The van der Waals surface area contributed by atoms with E-state index in [1.54, 1.807) is 0 Å². The first kappa shape index (κ1) is 17.3. The Labute approximate surface area is 108 Å². The van der Waals surface area contributed by atoms with Crippen molar-refractivity contribution >= 4 is 17.1 Å². The van der Waals surface area contributed by atoms with Crippen LogP contribution >= 0.6 is 0 Å². The highest BCUT2D eigenvalue weighted by Crippen LogP contribution is 2.24. The van der Waals surface area contributed by atoms with Gasteiger partial charge in [-0.15, -0.1) is 0 Å². The molecule has 0 aromatic rings. The summed E-state index contributed by atoms with van der Waals surface area (Å²) < 4.78 is 23.4. The monoisotopic (exact) mass is 280 g/mol. The van der Waals surface area contributed by atoms with Gasteiger partial charge in [0, 0.05) is 32.1 Å². The summed E-state index contributed by atoms with van der Waals surface area (Å²) in [5.41, 5.74) is 0.823. The van der Waals surface area contributed by atoms with Gasteiger partial charge >= 0.3 is 17.1 Å². The number of hydrogen-bond acceptors (Lipinski definition) is 4. The molecular formula is C11H28O4Si2. The summed E-state index contributed by atoms with van der Waals surface area (Å²) in [5.74, 6) is 0. The lowest BCUT2D eigenvalue weighted by Crippen LogP contribution is -2.51. The van der Waals surface area contributed by atoms with Crippen LogP contribution in [0.2, 0.25) is 18.8 Å². The van der Waals surface area contributed by atoms with E-state index in [0.29, 0.717) is 26.4 Å². The van der Waals surface area contributed by atoms with Crippen molar-refractivity contribution in [1.82, 2.24) is 0 Å². The summed E-state index contributed by atoms with van der Waals surface area (Å²) in [6, 6.07) is 0. The van der Waals surface area contributed by atoms with Gasteiger partial charge in [-0.2, -0.15) is 0 Å². The molecule has 4 nitrogen and oxygen atoms in total. The van der Waals surface area contributed by atoms with Gasteiger partial charge in [0.2, 0.25) is 0 Å². The van der Waals surface area contributed by atoms with Gasteiger partial charge in [0.05, 0.1) is 0 Å². The maximum Gasteiger partial charge on any atom is 0.336 e. The molecular weight excluding hydrogens is 252 g/mol. The van der Waals surface area contributed by atoms with E-state index < -0.39 is 17.1 Å². The van der Waals surface area contributed by atoms with Gasteiger partial charge in [0.1, 0.15) is 0 Å². The minimum atomic E-state index is -2.15. The van der Waals surface area contributed by atoms with Crippen molar-refractivity contribution in [2.75, 3.05) is 26.4 Å². The van der Waals surface area contributed by atoms with Gasteiger partial charge in [-0.3, -0.25) is 0 Å². The van der Waals surface area contributed by atoms with Crippen LogP contribution in [0, 0.1) is 0 Å². The molecule has 6 heteroatoms. The second kappa shape index (κ2) is 8.39. The standard InChI is InChI=1S/C11H28O4Si2/c1-7-12-16(5,13-8-2)11-17(6,14-9-3)15-10-4/h7-11H2,1-6H3. The molecule has 0 saturated heterocycles. The van der Waals surface area contributed by atoms with Crippen molar-refractivity contribution in [2.45, 2.75) is 46.5 Å². The fourth-order valence-corrected chi connectivity index (χ4v) is 11.0. The topological polar surface area (TPSA) is 36.9 Å². The first-order valence-corrected chi connectivity index (χ1v) is 11.6. The van der Waals surface area contributed by atoms with Gasteiger partial charge in [-0.1, -0.05) is 0 Å². The largest absolute Gasteiger partial charge is 0.395 e. The molecule has 0 unspecified atom stereocenters. The van der Waals surface area contributed by atoms with Crippen LogP contribution in [0.4, 0.5) is 0 Å². The molecule has 17 heavy (non-hydrogen) atoms. The lowest BCUT2D eigenvalue weighted by molar-refractivity contribution is 0.169. The zero-order chi connectivity index (χ0) is 13.4. The van der Waals surface area contributed by atoms with Gasteiger partial charge < -0.3 is 17.7 Å². The maximum atomic E-state index is 5.85. The Kier molecular flexibility index (Phi) is 8.52. The lowest BCUT2D eigenvalue weighted by atomic mass is 10.9. The number of hydrogen-bond donors (Lipinski definition) is 0. The maximum absolute atomic E-state index is 5.85. The van der Waals surface area contributed by atoms with Crippen LogP contribution < -0.4 is 0 Å². The van der Waals surface area contributed by atoms with Crippen molar-refractivity contribution in [3.05, 3.63) is 0 Å². The average molecular weight is 281 g/mol. The van der Waals surface area contributed by atoms with Crippen molar-refractivity contribution in [3.63, 3.8) is 0 Å². The molecule has 0 aliphatic rings. The van der Waals surface area contributed by atoms with Gasteiger partial charge in [-0.25, -0.2) is 0 Å². The predicted octanol–water partition coefficient (Wildman–Crippen LogP) is 2.82. The molecule has 0 aromatic carbocycles. The molecule has 0 aliphatic heterocycles. The van der Waals surface area contributed by atoms with Crippen LogP contribution in [0.1, 0.15) is 27.7 Å². The van der Waals surface area contributed by atoms with Crippen molar-refractivity contribution in [1.29, 1.82) is 0 Å². The van der Waals surface area contributed by atoms with Crippen LogP contribution in [0.15, 0.2) is 0 Å². The van der Waals surface area contributed by atoms with E-state index in [-0.39, 0.29) is 0 Å². The Hall–Kier alpha value is 0.274. The Balaban J connectivity index is 4.65. The lowest BCUT2D eigenvalue weighted by Gasteiger charge is -2.34. The van der Waals surface area contributed by atoms with E-state index in [2.05, 4.69) is 13.1 Å². The average Bonchev–Trinajstić information content (AvgIpc) is 2.17. The third-order valence-electron chi connectivity index (χ3n) is 2.44. The Morgan fingerprint density at radius 3 is 1.00 bits per heavy atom. The molecule has 0 radical (unpaired) electrons. The molecule has 0 spiro atoms. The van der Waals surface area contributed by atoms with Gasteiger partial charge in [0.25, 0.3) is 0 Å². The Morgan fingerprint density at radius 2 is 0.824 bits per heavy atom. The normalized spacial score (nSPS) is 13.1. The minimum absolute atomic E-state index is 0.686. The molecule has 0 heterocycles. The summed E-state index contributed by atoms with van der Waals surface area (Å²) in [7, 11) is -4.30. The van der Waals surface area contributed by atoms with Crippen molar-refractivity contribution < 1.29 is 17.7 Å². The van der Waals surface area contributed by atoms with E-state index >= 15 is 0 Å². The first-order chi connectivity index (χ1) is 7.95. The quantitative estimate of drug-likeness (QED) is 0.577. The van der Waals surface area contributed by atoms with Crippen LogP contribution in [0.3, 0.4) is 0 Å². The summed E-state index contributed by atoms with van der Waals surface area (Å²) >= 11 is 0. The van der Waals surface area contributed by atoms with Crippen molar-refractivity contribution in [3.8, 4) is 0 Å². The highest BCUT2D eigenvalue weighted by atomic mass is 28.4. The van der Waals surface area contributed by atoms with Crippen LogP contribution in [-0.4, -0.2) is 43.5 Å². The van der Waals surface area contributed by atoms with E-state index in [0.717, 1.165) is 5.67 Å². The van der Waals surface area contributed by atoms with Gasteiger partial charge in [-0.05, 0) is 40.8 Å². The van der Waals surface area contributed by atoms with E-state index in [1.807, 2.05) is 27.7 Å². The molecule has 0 atom stereocenters. The Morgan fingerprint density at radius 1 is 0.588 bits per heavy atom. The van der Waals surface area contributed by atoms with E-state index in [4.69, 9.17) is 17.7 Å². The summed E-state index contributed by atoms with van der Waals surface area (Å²) in [6.45, 7) is 15.0. The molecule has 104 valence electrons. The van der Waals surface area contributed by atoms with Crippen LogP contribution in [-0.2, 0) is 17.7 Å². The fourth-order valence-electron chi connectivity index (χ4n) is 2.09. The third-order valence-corrected chi connectivity index (χ3v) is 11.2. The number of rotatable bonds is 10. The molecule has 0 N–H and O–H groups in total. The molecule has 0 rings (SSSR count). The third kappa shape index (κ3) is 6.68. The molecule has 0 amide bonds. The molecule has 0 saturated carbocycles. The fraction of sp³-hybridized carbons (Fsp3) is 1.00. The van der Waals surface area contributed by atoms with Crippen LogP contribution in [0.5, 0.6) is 0 Å². The van der Waals surface area contributed by atoms with E-state index in [9.17, 15) is 0 Å². The second-order valence-corrected chi connectivity index (χ2v) is 11.3. The Bertz CT molecular complexity index is 170. The molecule has 0 bridgehead atoms. The van der Waals surface area contributed by atoms with E-state index in [1.165, 1.54) is 0 Å². The smallest absolute Gasteiger partial charge is 0.336 e. The molecule has 0 aliphatic carbocycles. The summed E-state index contributed by atoms with van der Waals surface area (Å²) in [5, 5.41) is 0. The molecule has 0 aromatic heterocycles.